The molecule has 1 aromatic carbocycles. The molecule has 0 radical (unpaired) electrons. The van der Waals surface area contributed by atoms with Gasteiger partial charge in [-0.15, -0.1) is 0 Å². The first kappa shape index (κ1) is 14.1. The Balaban J connectivity index is 2.34. The number of hydrogen-bond acceptors (Lipinski definition) is 3. The molecule has 0 aromatic heterocycles. The maximum atomic E-state index is 13.1. The van der Waals surface area contributed by atoms with E-state index in [1.165, 1.54) is 12.1 Å². The molecule has 1 aliphatic heterocycles. The summed E-state index contributed by atoms with van der Waals surface area (Å²) in [6.07, 6.45) is -3.74. The summed E-state index contributed by atoms with van der Waals surface area (Å²) in [6, 6.07) is 3.95. The molecule has 0 spiro atoms. The molecule has 1 aromatic rings. The normalized spacial score (nSPS) is 20.1. The van der Waals surface area contributed by atoms with Crippen molar-refractivity contribution >= 4 is 5.69 Å². The van der Waals surface area contributed by atoms with Crippen LogP contribution >= 0.6 is 0 Å². The smallest absolute Gasteiger partial charge is 0.392 e. The lowest BCUT2D eigenvalue weighted by Gasteiger charge is -2.23. The Morgan fingerprint density at radius 3 is 2.68 bits per heavy atom. The fourth-order valence-corrected chi connectivity index (χ4v) is 2.32. The van der Waals surface area contributed by atoms with E-state index in [-0.39, 0.29) is 17.4 Å². The van der Waals surface area contributed by atoms with Crippen LogP contribution < -0.4 is 4.90 Å². The third kappa shape index (κ3) is 3.01. The fraction of sp³-hybridized carbons (Fsp3) is 0.538. The molecule has 1 N–H and O–H groups in total. The minimum absolute atomic E-state index is 0.0291. The van der Waals surface area contributed by atoms with Crippen molar-refractivity contribution in [2.45, 2.75) is 25.3 Å². The molecule has 0 aliphatic carbocycles. The lowest BCUT2D eigenvalue weighted by Crippen LogP contribution is -2.25. The highest BCUT2D eigenvalue weighted by molar-refractivity contribution is 5.57. The molecule has 1 heterocycles. The zero-order valence-electron chi connectivity index (χ0n) is 10.6. The first-order chi connectivity index (χ1) is 8.95. The Morgan fingerprint density at radius 1 is 1.42 bits per heavy atom. The van der Waals surface area contributed by atoms with E-state index in [1.807, 2.05) is 0 Å². The number of nitrogens with zero attached hydrogens (tertiary/aromatic N) is 1. The number of halogens is 3. The molecular formula is C13H16F3NO2. The van der Waals surface area contributed by atoms with Gasteiger partial charge in [0.15, 0.2) is 0 Å². The van der Waals surface area contributed by atoms with Gasteiger partial charge in [-0.3, -0.25) is 0 Å². The van der Waals surface area contributed by atoms with E-state index in [4.69, 9.17) is 9.84 Å². The highest BCUT2D eigenvalue weighted by Gasteiger charge is 2.36. The second kappa shape index (κ2) is 5.38. The van der Waals surface area contributed by atoms with Crippen LogP contribution in [0.1, 0.15) is 17.5 Å². The number of anilines is 1. The molecule has 0 saturated carbocycles. The number of aliphatic hydroxyl groups excluding tert-OH is 1. The Morgan fingerprint density at radius 2 is 2.16 bits per heavy atom. The summed E-state index contributed by atoms with van der Waals surface area (Å²) in [5.74, 6) is 0. The van der Waals surface area contributed by atoms with Crippen molar-refractivity contribution in [1.29, 1.82) is 0 Å². The Labute approximate surface area is 109 Å². The van der Waals surface area contributed by atoms with Crippen LogP contribution in [0.15, 0.2) is 18.2 Å². The Bertz CT molecular complexity index is 448. The number of aliphatic hydroxyl groups is 1. The van der Waals surface area contributed by atoms with Crippen LogP contribution in [-0.2, 0) is 17.5 Å². The van der Waals surface area contributed by atoms with Crippen molar-refractivity contribution in [3.63, 3.8) is 0 Å². The fourth-order valence-electron chi connectivity index (χ4n) is 2.32. The van der Waals surface area contributed by atoms with Gasteiger partial charge in [-0.05, 0) is 24.1 Å². The summed E-state index contributed by atoms with van der Waals surface area (Å²) in [5.41, 5.74) is -0.279. The van der Waals surface area contributed by atoms with E-state index in [2.05, 4.69) is 0 Å². The molecule has 0 amide bonds. The van der Waals surface area contributed by atoms with Crippen molar-refractivity contribution in [1.82, 2.24) is 0 Å². The van der Waals surface area contributed by atoms with E-state index in [0.29, 0.717) is 13.1 Å². The van der Waals surface area contributed by atoms with Crippen LogP contribution in [0.25, 0.3) is 0 Å². The molecule has 19 heavy (non-hydrogen) atoms. The quantitative estimate of drug-likeness (QED) is 0.919. The van der Waals surface area contributed by atoms with Gasteiger partial charge in [0.25, 0.3) is 0 Å². The topological polar surface area (TPSA) is 32.7 Å². The molecule has 1 saturated heterocycles. The van der Waals surface area contributed by atoms with Crippen molar-refractivity contribution in [3.05, 3.63) is 29.3 Å². The SMILES string of the molecule is COC1CCN(c2ccc(CO)cc2C(F)(F)F)C1. The summed E-state index contributed by atoms with van der Waals surface area (Å²) in [6.45, 7) is 0.599. The summed E-state index contributed by atoms with van der Waals surface area (Å²) >= 11 is 0. The van der Waals surface area contributed by atoms with Crippen molar-refractivity contribution in [2.75, 3.05) is 25.1 Å². The minimum Gasteiger partial charge on any atom is -0.392 e. The van der Waals surface area contributed by atoms with Crippen LogP contribution in [-0.4, -0.2) is 31.4 Å². The standard InChI is InChI=1S/C13H16F3NO2/c1-19-10-4-5-17(7-10)12-3-2-9(8-18)6-11(12)13(14,15)16/h2-3,6,10,18H,4-5,7-8H2,1H3. The van der Waals surface area contributed by atoms with Crippen LogP contribution in [0.3, 0.4) is 0 Å². The lowest BCUT2D eigenvalue weighted by atomic mass is 10.1. The van der Waals surface area contributed by atoms with Crippen LogP contribution in [0, 0.1) is 0 Å². The average Bonchev–Trinajstić information content (AvgIpc) is 2.85. The number of benzene rings is 1. The van der Waals surface area contributed by atoms with Crippen LogP contribution in [0.4, 0.5) is 18.9 Å². The maximum Gasteiger partial charge on any atom is 0.418 e. The highest BCUT2D eigenvalue weighted by Crippen LogP contribution is 2.38. The Kier molecular flexibility index (Phi) is 4.01. The minimum atomic E-state index is -4.42. The molecule has 0 bridgehead atoms. The van der Waals surface area contributed by atoms with E-state index in [1.54, 1.807) is 12.0 Å². The molecule has 1 atom stereocenters. The van der Waals surface area contributed by atoms with Gasteiger partial charge in [0.2, 0.25) is 0 Å². The summed E-state index contributed by atoms with van der Waals surface area (Å²) < 4.78 is 44.3. The third-order valence-corrected chi connectivity index (χ3v) is 3.37. The zero-order valence-corrected chi connectivity index (χ0v) is 10.6. The van der Waals surface area contributed by atoms with Crippen LogP contribution in [0.5, 0.6) is 0 Å². The Hall–Kier alpha value is -1.27. The largest absolute Gasteiger partial charge is 0.418 e. The number of hydrogen-bond donors (Lipinski definition) is 1. The van der Waals surface area contributed by atoms with Gasteiger partial charge in [0, 0.05) is 25.9 Å². The molecule has 6 heteroatoms. The van der Waals surface area contributed by atoms with Gasteiger partial charge >= 0.3 is 6.18 Å². The monoisotopic (exact) mass is 275 g/mol. The second-order valence-corrected chi connectivity index (χ2v) is 4.60. The second-order valence-electron chi connectivity index (χ2n) is 4.60. The lowest BCUT2D eigenvalue weighted by molar-refractivity contribution is -0.137. The van der Waals surface area contributed by atoms with Crippen molar-refractivity contribution in [3.8, 4) is 0 Å². The number of methoxy groups -OCH3 is 1. The van der Waals surface area contributed by atoms with E-state index >= 15 is 0 Å². The van der Waals surface area contributed by atoms with Gasteiger partial charge in [0.1, 0.15) is 0 Å². The van der Waals surface area contributed by atoms with Crippen molar-refractivity contribution < 1.29 is 23.0 Å². The van der Waals surface area contributed by atoms with Gasteiger partial charge in [-0.2, -0.15) is 13.2 Å². The summed E-state index contributed by atoms with van der Waals surface area (Å²) in [4.78, 5) is 1.68. The van der Waals surface area contributed by atoms with Gasteiger partial charge in [-0.25, -0.2) is 0 Å². The maximum absolute atomic E-state index is 13.1. The molecule has 106 valence electrons. The number of ether oxygens (including phenoxy) is 1. The number of alkyl halides is 3. The summed E-state index contributed by atoms with van der Waals surface area (Å²) in [7, 11) is 1.56. The van der Waals surface area contributed by atoms with Crippen LogP contribution in [0.2, 0.25) is 0 Å². The van der Waals surface area contributed by atoms with Gasteiger partial charge < -0.3 is 14.7 Å². The molecule has 1 unspecified atom stereocenters. The van der Waals surface area contributed by atoms with E-state index < -0.39 is 18.3 Å². The molecule has 1 aliphatic rings. The zero-order chi connectivity index (χ0) is 14.0. The third-order valence-electron chi connectivity index (χ3n) is 3.37. The first-order valence-corrected chi connectivity index (χ1v) is 6.04. The predicted octanol–water partition coefficient (Wildman–Crippen LogP) is 2.42. The first-order valence-electron chi connectivity index (χ1n) is 6.04. The predicted molar refractivity (Wildman–Crippen MR) is 65.0 cm³/mol. The van der Waals surface area contributed by atoms with E-state index in [9.17, 15) is 13.2 Å². The molecule has 2 rings (SSSR count). The van der Waals surface area contributed by atoms with Gasteiger partial charge in [0.05, 0.1) is 18.3 Å². The molecule has 1 fully saturated rings. The summed E-state index contributed by atoms with van der Waals surface area (Å²) in [5, 5.41) is 8.96. The van der Waals surface area contributed by atoms with E-state index in [0.717, 1.165) is 12.5 Å². The molecule has 3 nitrogen and oxygen atoms in total. The van der Waals surface area contributed by atoms with Gasteiger partial charge in [-0.1, -0.05) is 6.07 Å². The highest BCUT2D eigenvalue weighted by atomic mass is 19.4. The number of rotatable bonds is 3. The van der Waals surface area contributed by atoms with Crippen molar-refractivity contribution in [2.24, 2.45) is 0 Å². The average molecular weight is 275 g/mol. The molecular weight excluding hydrogens is 259 g/mol.